The van der Waals surface area contributed by atoms with Crippen molar-refractivity contribution in [3.8, 4) is 0 Å². The van der Waals surface area contributed by atoms with E-state index < -0.39 is 26.1 Å². The Morgan fingerprint density at radius 3 is 2.04 bits per heavy atom. The number of sulfonamides is 2. The van der Waals surface area contributed by atoms with Crippen molar-refractivity contribution in [2.45, 2.75) is 43.5 Å². The van der Waals surface area contributed by atoms with Crippen LogP contribution in [0, 0.1) is 20.8 Å². The van der Waals surface area contributed by atoms with Crippen LogP contribution in [0.1, 0.15) is 35.2 Å². The number of hydrogen-bond acceptors (Lipinski definition) is 4. The lowest BCUT2D eigenvalue weighted by atomic mass is 10.1. The fraction of sp³-hybridized carbons (Fsp3) is 0.294. The highest BCUT2D eigenvalue weighted by atomic mass is 32.2. The van der Waals surface area contributed by atoms with Gasteiger partial charge < -0.3 is 0 Å². The summed E-state index contributed by atoms with van der Waals surface area (Å²) in [6.45, 7) is 7.06. The summed E-state index contributed by atoms with van der Waals surface area (Å²) in [5, 5.41) is 5.13. The minimum atomic E-state index is -3.85. The van der Waals surface area contributed by atoms with E-state index in [9.17, 15) is 16.8 Å². The number of hydrogen-bond donors (Lipinski definition) is 2. The van der Waals surface area contributed by atoms with Crippen LogP contribution in [0.4, 0.5) is 0 Å². The van der Waals surface area contributed by atoms with E-state index in [2.05, 4.69) is 4.72 Å². The Morgan fingerprint density at radius 2 is 1.52 bits per heavy atom. The molecule has 0 saturated carbocycles. The van der Waals surface area contributed by atoms with Crippen molar-refractivity contribution >= 4 is 20.0 Å². The summed E-state index contributed by atoms with van der Waals surface area (Å²) in [7, 11) is -7.61. The first-order valence-corrected chi connectivity index (χ1v) is 10.7. The van der Waals surface area contributed by atoms with Crippen LogP contribution in [-0.2, 0) is 20.0 Å². The van der Waals surface area contributed by atoms with Gasteiger partial charge in [-0.05, 0) is 56.5 Å². The first-order chi connectivity index (χ1) is 11.4. The van der Waals surface area contributed by atoms with E-state index in [1.807, 2.05) is 19.1 Å². The van der Waals surface area contributed by atoms with Crippen molar-refractivity contribution in [1.82, 2.24) is 4.72 Å². The lowest BCUT2D eigenvalue weighted by molar-refractivity contribution is 0.565. The predicted molar refractivity (Wildman–Crippen MR) is 97.2 cm³/mol. The second-order valence-electron chi connectivity index (χ2n) is 6.19. The molecule has 1 unspecified atom stereocenters. The molecule has 0 amide bonds. The molecule has 0 heterocycles. The van der Waals surface area contributed by atoms with Gasteiger partial charge in [-0.2, -0.15) is 0 Å². The normalized spacial score (nSPS) is 13.6. The van der Waals surface area contributed by atoms with E-state index in [0.717, 1.165) is 5.56 Å². The first-order valence-electron chi connectivity index (χ1n) is 7.65. The molecule has 2 rings (SSSR count). The molecule has 0 saturated heterocycles. The van der Waals surface area contributed by atoms with E-state index in [0.29, 0.717) is 16.7 Å². The third-order valence-corrected chi connectivity index (χ3v) is 6.65. The molecule has 8 heteroatoms. The van der Waals surface area contributed by atoms with Gasteiger partial charge >= 0.3 is 0 Å². The minimum Gasteiger partial charge on any atom is -0.225 e. The lowest BCUT2D eigenvalue weighted by Gasteiger charge is -2.18. The van der Waals surface area contributed by atoms with Crippen molar-refractivity contribution < 1.29 is 16.8 Å². The molecule has 3 N–H and O–H groups in total. The number of rotatable bonds is 5. The van der Waals surface area contributed by atoms with Gasteiger partial charge in [-0.25, -0.2) is 26.7 Å². The Labute approximate surface area is 149 Å². The SMILES string of the molecule is Cc1cc(C)c(S(=O)(=O)NC(C)c2cccc(S(N)(=O)=O)c2)c(C)c1. The average Bonchev–Trinajstić information content (AvgIpc) is 2.44. The Balaban J connectivity index is 2.39. The maximum absolute atomic E-state index is 12.8. The third kappa shape index (κ3) is 4.46. The van der Waals surface area contributed by atoms with Gasteiger partial charge in [0.2, 0.25) is 20.0 Å². The molecule has 2 aromatic carbocycles. The Hall–Kier alpha value is -1.74. The van der Waals surface area contributed by atoms with Gasteiger partial charge in [0.05, 0.1) is 9.79 Å². The molecule has 0 radical (unpaired) electrons. The highest BCUT2D eigenvalue weighted by Gasteiger charge is 2.23. The molecule has 0 aliphatic heterocycles. The lowest BCUT2D eigenvalue weighted by Crippen LogP contribution is -2.28. The summed E-state index contributed by atoms with van der Waals surface area (Å²) in [5.74, 6) is 0. The second-order valence-corrected chi connectivity index (χ2v) is 9.40. The summed E-state index contributed by atoms with van der Waals surface area (Å²) in [5.41, 5.74) is 2.83. The Bertz CT molecular complexity index is 990. The molecule has 6 nitrogen and oxygen atoms in total. The smallest absolute Gasteiger partial charge is 0.225 e. The second kappa shape index (κ2) is 6.87. The molecular weight excluding hydrogens is 360 g/mol. The monoisotopic (exact) mass is 382 g/mol. The maximum atomic E-state index is 12.8. The number of benzene rings is 2. The summed E-state index contributed by atoms with van der Waals surface area (Å²) in [6, 6.07) is 8.93. The van der Waals surface area contributed by atoms with Crippen molar-refractivity contribution in [2.75, 3.05) is 0 Å². The summed E-state index contributed by atoms with van der Waals surface area (Å²) >= 11 is 0. The van der Waals surface area contributed by atoms with E-state index in [1.165, 1.54) is 18.2 Å². The van der Waals surface area contributed by atoms with E-state index in [4.69, 9.17) is 5.14 Å². The standard InChI is InChI=1S/C17H22N2O4S2/c1-11-8-12(2)17(13(3)9-11)25(22,23)19-14(4)15-6-5-7-16(10-15)24(18,20)21/h5-10,14,19H,1-4H3,(H2,18,20,21). The molecule has 1 atom stereocenters. The van der Waals surface area contributed by atoms with Crippen LogP contribution in [0.5, 0.6) is 0 Å². The molecule has 25 heavy (non-hydrogen) atoms. The fourth-order valence-electron chi connectivity index (χ4n) is 2.91. The zero-order chi connectivity index (χ0) is 19.0. The minimum absolute atomic E-state index is 0.0567. The third-order valence-electron chi connectivity index (χ3n) is 3.89. The molecule has 0 aliphatic rings. The van der Waals surface area contributed by atoms with Crippen LogP contribution in [-0.4, -0.2) is 16.8 Å². The zero-order valence-electron chi connectivity index (χ0n) is 14.6. The quantitative estimate of drug-likeness (QED) is 0.827. The number of aryl methyl sites for hydroxylation is 3. The van der Waals surface area contributed by atoms with Crippen LogP contribution in [0.2, 0.25) is 0 Å². The Kier molecular flexibility index (Phi) is 5.38. The Morgan fingerprint density at radius 1 is 0.960 bits per heavy atom. The predicted octanol–water partition coefficient (Wildman–Crippen LogP) is 2.30. The summed E-state index contributed by atoms with van der Waals surface area (Å²) in [6.07, 6.45) is 0. The van der Waals surface area contributed by atoms with Gasteiger partial charge in [-0.3, -0.25) is 0 Å². The van der Waals surface area contributed by atoms with Gasteiger partial charge in [-0.1, -0.05) is 29.8 Å². The average molecular weight is 383 g/mol. The summed E-state index contributed by atoms with van der Waals surface area (Å²) in [4.78, 5) is 0.186. The molecule has 0 aromatic heterocycles. The van der Waals surface area contributed by atoms with Crippen LogP contribution in [0.3, 0.4) is 0 Å². The topological polar surface area (TPSA) is 106 Å². The van der Waals surface area contributed by atoms with Gasteiger partial charge in [0.25, 0.3) is 0 Å². The van der Waals surface area contributed by atoms with Crippen LogP contribution < -0.4 is 9.86 Å². The maximum Gasteiger partial charge on any atom is 0.241 e. The van der Waals surface area contributed by atoms with Gasteiger partial charge in [-0.15, -0.1) is 0 Å². The molecule has 2 aromatic rings. The number of nitrogens with two attached hydrogens (primary N) is 1. The highest BCUT2D eigenvalue weighted by Crippen LogP contribution is 2.24. The highest BCUT2D eigenvalue weighted by molar-refractivity contribution is 7.89. The largest absolute Gasteiger partial charge is 0.241 e. The van der Waals surface area contributed by atoms with E-state index in [1.54, 1.807) is 26.8 Å². The first kappa shape index (κ1) is 19.6. The molecule has 0 bridgehead atoms. The molecule has 0 fully saturated rings. The van der Waals surface area contributed by atoms with Gasteiger partial charge in [0.1, 0.15) is 0 Å². The van der Waals surface area contributed by atoms with E-state index >= 15 is 0 Å². The fourth-order valence-corrected chi connectivity index (χ4v) is 5.16. The molecular formula is C17H22N2O4S2. The van der Waals surface area contributed by atoms with Gasteiger partial charge in [0.15, 0.2) is 0 Å². The van der Waals surface area contributed by atoms with Gasteiger partial charge in [0, 0.05) is 6.04 Å². The number of primary sulfonamides is 1. The van der Waals surface area contributed by atoms with Crippen molar-refractivity contribution in [2.24, 2.45) is 5.14 Å². The van der Waals surface area contributed by atoms with Crippen LogP contribution >= 0.6 is 0 Å². The molecule has 0 aliphatic carbocycles. The molecule has 136 valence electrons. The van der Waals surface area contributed by atoms with Crippen molar-refractivity contribution in [3.05, 3.63) is 58.7 Å². The van der Waals surface area contributed by atoms with Crippen LogP contribution in [0.25, 0.3) is 0 Å². The summed E-state index contributed by atoms with van der Waals surface area (Å²) < 4.78 is 51.1. The van der Waals surface area contributed by atoms with Crippen molar-refractivity contribution in [3.63, 3.8) is 0 Å². The number of nitrogens with one attached hydrogen (secondary N) is 1. The van der Waals surface area contributed by atoms with Crippen LogP contribution in [0.15, 0.2) is 46.2 Å². The molecule has 0 spiro atoms. The zero-order valence-corrected chi connectivity index (χ0v) is 16.2. The van der Waals surface area contributed by atoms with E-state index in [-0.39, 0.29) is 9.79 Å². The van der Waals surface area contributed by atoms with Crippen molar-refractivity contribution in [1.29, 1.82) is 0 Å².